The third-order valence-corrected chi connectivity index (χ3v) is 4.14. The predicted octanol–water partition coefficient (Wildman–Crippen LogP) is 3.62. The lowest BCUT2D eigenvalue weighted by Gasteiger charge is -2.36. The summed E-state index contributed by atoms with van der Waals surface area (Å²) in [6.45, 7) is 16.0. The lowest BCUT2D eigenvalue weighted by atomic mass is 10.1. The van der Waals surface area contributed by atoms with Gasteiger partial charge in [0, 0.05) is 42.7 Å². The molecule has 0 aromatic carbocycles. The smallest absolute Gasteiger partial charge is 0.410 e. The highest BCUT2D eigenvalue weighted by atomic mass is 32.1. The summed E-state index contributed by atoms with van der Waals surface area (Å²) >= 11 is 1.69. The lowest BCUT2D eigenvalue weighted by Crippen LogP contribution is -2.50. The zero-order chi connectivity index (χ0) is 17.7. The molecule has 0 aliphatic rings. The molecule has 0 aliphatic carbocycles. The van der Waals surface area contributed by atoms with Crippen LogP contribution in [0.15, 0.2) is 5.38 Å². The largest absolute Gasteiger partial charge is 0.444 e. The second-order valence-corrected chi connectivity index (χ2v) is 8.63. The number of hydrogen-bond acceptors (Lipinski definition) is 5. The van der Waals surface area contributed by atoms with Gasteiger partial charge in [-0.1, -0.05) is 0 Å². The molecular weight excluding hydrogens is 310 g/mol. The van der Waals surface area contributed by atoms with Gasteiger partial charge in [-0.25, -0.2) is 9.78 Å². The molecule has 5 nitrogen and oxygen atoms in total. The SMILES string of the molecule is Cc1csc(CCNCCN(C(=O)OC(C)(C)C)C(C)(C)C)n1. The van der Waals surface area contributed by atoms with Crippen molar-refractivity contribution >= 4 is 17.4 Å². The van der Waals surface area contributed by atoms with E-state index in [4.69, 9.17) is 4.74 Å². The van der Waals surface area contributed by atoms with E-state index in [1.54, 1.807) is 16.2 Å². The predicted molar refractivity (Wildman–Crippen MR) is 96.1 cm³/mol. The van der Waals surface area contributed by atoms with Crippen LogP contribution in [0.2, 0.25) is 0 Å². The maximum absolute atomic E-state index is 12.4. The third-order valence-electron chi connectivity index (χ3n) is 3.12. The fraction of sp³-hybridized carbons (Fsp3) is 0.765. The van der Waals surface area contributed by atoms with Crippen LogP contribution in [0.25, 0.3) is 0 Å². The maximum atomic E-state index is 12.4. The highest BCUT2D eigenvalue weighted by Gasteiger charge is 2.30. The Balaban J connectivity index is 2.41. The first kappa shape index (κ1) is 19.9. The van der Waals surface area contributed by atoms with E-state index in [1.807, 2.05) is 48.5 Å². The molecule has 1 heterocycles. The lowest BCUT2D eigenvalue weighted by molar-refractivity contribution is 0.00666. The number of rotatable bonds is 6. The molecule has 0 unspecified atom stereocenters. The van der Waals surface area contributed by atoms with Gasteiger partial charge in [0.05, 0.1) is 5.01 Å². The van der Waals surface area contributed by atoms with Crippen LogP contribution in [0.4, 0.5) is 4.79 Å². The number of carbonyl (C=O) groups excluding carboxylic acids is 1. The van der Waals surface area contributed by atoms with Gasteiger partial charge in [0.2, 0.25) is 0 Å². The molecule has 6 heteroatoms. The van der Waals surface area contributed by atoms with Gasteiger partial charge in [0.25, 0.3) is 0 Å². The molecule has 0 bridgehead atoms. The monoisotopic (exact) mass is 341 g/mol. The van der Waals surface area contributed by atoms with Crippen LogP contribution in [0, 0.1) is 6.92 Å². The highest BCUT2D eigenvalue weighted by Crippen LogP contribution is 2.18. The van der Waals surface area contributed by atoms with E-state index >= 15 is 0 Å². The normalized spacial score (nSPS) is 12.3. The standard InChI is InChI=1S/C17H31N3O2S/c1-13-12-23-14(19-13)8-9-18-10-11-20(16(2,3)4)15(21)22-17(5,6)7/h12,18H,8-11H2,1-7H3. The van der Waals surface area contributed by atoms with E-state index in [0.29, 0.717) is 6.54 Å². The number of ether oxygens (including phenoxy) is 1. The van der Waals surface area contributed by atoms with Crippen LogP contribution in [-0.4, -0.2) is 46.8 Å². The van der Waals surface area contributed by atoms with E-state index in [0.717, 1.165) is 30.2 Å². The van der Waals surface area contributed by atoms with Crippen molar-refractivity contribution in [1.82, 2.24) is 15.2 Å². The minimum absolute atomic E-state index is 0.262. The Morgan fingerprint density at radius 3 is 2.39 bits per heavy atom. The van der Waals surface area contributed by atoms with Gasteiger partial charge in [0.1, 0.15) is 5.60 Å². The minimum Gasteiger partial charge on any atom is -0.444 e. The van der Waals surface area contributed by atoms with Crippen molar-refractivity contribution in [3.63, 3.8) is 0 Å². The number of amides is 1. The first-order chi connectivity index (χ1) is 10.5. The summed E-state index contributed by atoms with van der Waals surface area (Å²) in [6, 6.07) is 0. The zero-order valence-electron chi connectivity index (χ0n) is 15.5. The molecule has 1 aromatic heterocycles. The van der Waals surface area contributed by atoms with Crippen LogP contribution in [-0.2, 0) is 11.2 Å². The fourth-order valence-corrected chi connectivity index (χ4v) is 2.82. The molecule has 132 valence electrons. The summed E-state index contributed by atoms with van der Waals surface area (Å²) in [5, 5.41) is 6.60. The second-order valence-electron chi connectivity index (χ2n) is 7.69. The van der Waals surface area contributed by atoms with Crippen LogP contribution in [0.3, 0.4) is 0 Å². The summed E-state index contributed by atoms with van der Waals surface area (Å²) < 4.78 is 5.51. The topological polar surface area (TPSA) is 54.5 Å². The number of aromatic nitrogens is 1. The molecule has 0 radical (unpaired) electrons. The Hall–Kier alpha value is -1.14. The number of nitrogens with zero attached hydrogens (tertiary/aromatic N) is 2. The van der Waals surface area contributed by atoms with Crippen LogP contribution in [0.5, 0.6) is 0 Å². The molecule has 1 amide bonds. The van der Waals surface area contributed by atoms with Crippen molar-refractivity contribution in [3.8, 4) is 0 Å². The van der Waals surface area contributed by atoms with E-state index in [-0.39, 0.29) is 11.6 Å². The van der Waals surface area contributed by atoms with Crippen molar-refractivity contribution in [2.75, 3.05) is 19.6 Å². The van der Waals surface area contributed by atoms with Crippen LogP contribution < -0.4 is 5.32 Å². The molecule has 23 heavy (non-hydrogen) atoms. The van der Waals surface area contributed by atoms with E-state index in [9.17, 15) is 4.79 Å². The molecular formula is C17H31N3O2S. The summed E-state index contributed by atoms with van der Waals surface area (Å²) in [7, 11) is 0. The molecule has 1 rings (SSSR count). The van der Waals surface area contributed by atoms with Crippen molar-refractivity contribution in [2.45, 2.75) is 66.0 Å². The first-order valence-electron chi connectivity index (χ1n) is 8.11. The highest BCUT2D eigenvalue weighted by molar-refractivity contribution is 7.09. The maximum Gasteiger partial charge on any atom is 0.410 e. The van der Waals surface area contributed by atoms with Crippen LogP contribution >= 0.6 is 11.3 Å². The number of thiazole rings is 1. The van der Waals surface area contributed by atoms with E-state index < -0.39 is 5.60 Å². The molecule has 1 aromatic rings. The zero-order valence-corrected chi connectivity index (χ0v) is 16.3. The van der Waals surface area contributed by atoms with Gasteiger partial charge in [-0.2, -0.15) is 0 Å². The fourth-order valence-electron chi connectivity index (χ4n) is 2.05. The average molecular weight is 342 g/mol. The van der Waals surface area contributed by atoms with Gasteiger partial charge >= 0.3 is 6.09 Å². The Labute approximate surface area is 144 Å². The molecule has 1 N–H and O–H groups in total. The second kappa shape index (κ2) is 8.11. The number of carbonyl (C=O) groups is 1. The van der Waals surface area contributed by atoms with E-state index in [2.05, 4.69) is 15.7 Å². The number of nitrogens with one attached hydrogen (secondary N) is 1. The molecule has 0 aliphatic heterocycles. The van der Waals surface area contributed by atoms with Crippen molar-refractivity contribution in [1.29, 1.82) is 0 Å². The summed E-state index contributed by atoms with van der Waals surface area (Å²) in [5.74, 6) is 0. The van der Waals surface area contributed by atoms with Gasteiger partial charge in [-0.15, -0.1) is 11.3 Å². The molecule has 0 spiro atoms. The van der Waals surface area contributed by atoms with Gasteiger partial charge in [-0.05, 0) is 48.5 Å². The molecule has 0 fully saturated rings. The molecule has 0 atom stereocenters. The van der Waals surface area contributed by atoms with Crippen molar-refractivity contribution < 1.29 is 9.53 Å². The molecule has 0 saturated carbocycles. The van der Waals surface area contributed by atoms with E-state index in [1.165, 1.54) is 0 Å². The summed E-state index contributed by atoms with van der Waals surface area (Å²) in [4.78, 5) is 18.6. The first-order valence-corrected chi connectivity index (χ1v) is 8.99. The Bertz CT molecular complexity index is 501. The third kappa shape index (κ3) is 7.79. The van der Waals surface area contributed by atoms with Gasteiger partial charge in [0.15, 0.2) is 0 Å². The Kier molecular flexibility index (Phi) is 7.02. The quantitative estimate of drug-likeness (QED) is 0.803. The number of aryl methyl sites for hydroxylation is 1. The van der Waals surface area contributed by atoms with Gasteiger partial charge in [-0.3, -0.25) is 0 Å². The average Bonchev–Trinajstić information content (AvgIpc) is 2.75. The number of hydrogen-bond donors (Lipinski definition) is 1. The summed E-state index contributed by atoms with van der Waals surface area (Å²) in [5.41, 5.74) is 0.335. The van der Waals surface area contributed by atoms with Crippen LogP contribution in [0.1, 0.15) is 52.2 Å². The molecule has 0 saturated heterocycles. The summed E-state index contributed by atoms with van der Waals surface area (Å²) in [6.07, 6.45) is 0.655. The van der Waals surface area contributed by atoms with Gasteiger partial charge < -0.3 is 15.0 Å². The minimum atomic E-state index is -0.475. The Morgan fingerprint density at radius 1 is 1.26 bits per heavy atom. The Morgan fingerprint density at radius 2 is 1.91 bits per heavy atom. The van der Waals surface area contributed by atoms with Crippen molar-refractivity contribution in [3.05, 3.63) is 16.1 Å². The van der Waals surface area contributed by atoms with Crippen molar-refractivity contribution in [2.24, 2.45) is 0 Å².